The molecule has 6 nitrogen and oxygen atoms in total. The molecule has 6 heteroatoms. The number of hydrogen-bond donors (Lipinski definition) is 1. The van der Waals surface area contributed by atoms with Crippen LogP contribution in [0.5, 0.6) is 5.75 Å². The second-order valence-electron chi connectivity index (χ2n) is 7.05. The van der Waals surface area contributed by atoms with Crippen molar-refractivity contribution in [2.24, 2.45) is 0 Å². The zero-order chi connectivity index (χ0) is 20.8. The SMILES string of the molecule is COc1ccc(Cn2c(CCCNC(=O)c3ccncc3)nc3ccccc32)cc1. The third-order valence-electron chi connectivity index (χ3n) is 5.04. The lowest BCUT2D eigenvalue weighted by Crippen LogP contribution is -2.25. The first kappa shape index (κ1) is 19.6. The molecule has 152 valence electrons. The molecule has 30 heavy (non-hydrogen) atoms. The average molecular weight is 400 g/mol. The lowest BCUT2D eigenvalue weighted by molar-refractivity contribution is 0.0953. The van der Waals surface area contributed by atoms with Gasteiger partial charge in [0.05, 0.1) is 18.1 Å². The zero-order valence-corrected chi connectivity index (χ0v) is 16.9. The molecule has 0 saturated carbocycles. The molecule has 2 aromatic carbocycles. The lowest BCUT2D eigenvalue weighted by atomic mass is 10.2. The highest BCUT2D eigenvalue weighted by atomic mass is 16.5. The fourth-order valence-electron chi connectivity index (χ4n) is 3.46. The number of pyridine rings is 1. The maximum atomic E-state index is 12.2. The van der Waals surface area contributed by atoms with E-state index in [1.54, 1.807) is 31.6 Å². The summed E-state index contributed by atoms with van der Waals surface area (Å²) in [4.78, 5) is 21.0. The first-order valence-corrected chi connectivity index (χ1v) is 10.00. The quantitative estimate of drug-likeness (QED) is 0.456. The number of nitrogens with zero attached hydrogens (tertiary/aromatic N) is 3. The van der Waals surface area contributed by atoms with Gasteiger partial charge in [0.25, 0.3) is 5.91 Å². The summed E-state index contributed by atoms with van der Waals surface area (Å²) in [7, 11) is 1.67. The standard InChI is InChI=1S/C24H24N4O2/c1-30-20-10-8-18(9-11-20)17-28-22-6-3-2-5-21(22)27-23(28)7-4-14-26-24(29)19-12-15-25-16-13-19/h2-3,5-6,8-13,15-16H,4,7,14,17H2,1H3,(H,26,29). The summed E-state index contributed by atoms with van der Waals surface area (Å²) < 4.78 is 7.51. The normalized spacial score (nSPS) is 10.8. The number of methoxy groups -OCH3 is 1. The monoisotopic (exact) mass is 400 g/mol. The van der Waals surface area contributed by atoms with Crippen LogP contribution in [0.1, 0.15) is 28.2 Å². The fourth-order valence-corrected chi connectivity index (χ4v) is 3.46. The first-order valence-electron chi connectivity index (χ1n) is 10.00. The van der Waals surface area contributed by atoms with Gasteiger partial charge in [-0.1, -0.05) is 24.3 Å². The Balaban J connectivity index is 1.45. The molecule has 0 aliphatic carbocycles. The highest BCUT2D eigenvalue weighted by Gasteiger charge is 2.11. The van der Waals surface area contributed by atoms with Crippen molar-refractivity contribution >= 4 is 16.9 Å². The van der Waals surface area contributed by atoms with Crippen molar-refractivity contribution in [2.45, 2.75) is 19.4 Å². The van der Waals surface area contributed by atoms with Crippen LogP contribution >= 0.6 is 0 Å². The number of ether oxygens (including phenoxy) is 1. The van der Waals surface area contributed by atoms with E-state index in [-0.39, 0.29) is 5.91 Å². The van der Waals surface area contributed by atoms with E-state index in [4.69, 9.17) is 9.72 Å². The van der Waals surface area contributed by atoms with Crippen molar-refractivity contribution in [3.05, 3.63) is 90.0 Å². The summed E-state index contributed by atoms with van der Waals surface area (Å²) in [5.41, 5.74) is 3.91. The summed E-state index contributed by atoms with van der Waals surface area (Å²) in [6.45, 7) is 1.33. The third-order valence-corrected chi connectivity index (χ3v) is 5.04. The number of rotatable bonds is 8. The van der Waals surface area contributed by atoms with E-state index in [9.17, 15) is 4.79 Å². The van der Waals surface area contributed by atoms with E-state index in [1.807, 2.05) is 30.3 Å². The number of benzene rings is 2. The summed E-state index contributed by atoms with van der Waals surface area (Å²) in [6, 6.07) is 19.7. The molecular formula is C24H24N4O2. The molecule has 4 aromatic rings. The van der Waals surface area contributed by atoms with E-state index in [0.717, 1.165) is 42.0 Å². The van der Waals surface area contributed by atoms with E-state index in [2.05, 4.69) is 33.1 Å². The molecule has 1 N–H and O–H groups in total. The Hall–Kier alpha value is -3.67. The summed E-state index contributed by atoms with van der Waals surface area (Å²) in [5.74, 6) is 1.79. The molecule has 0 fully saturated rings. The molecular weight excluding hydrogens is 376 g/mol. The Bertz CT molecular complexity index is 1120. The number of amides is 1. The molecule has 0 spiro atoms. The molecule has 2 heterocycles. The number of aryl methyl sites for hydroxylation is 1. The molecule has 0 aliphatic rings. The van der Waals surface area contributed by atoms with E-state index in [0.29, 0.717) is 12.1 Å². The van der Waals surface area contributed by atoms with Crippen molar-refractivity contribution in [2.75, 3.05) is 13.7 Å². The number of fused-ring (bicyclic) bond motifs is 1. The number of nitrogens with one attached hydrogen (secondary N) is 1. The summed E-state index contributed by atoms with van der Waals surface area (Å²) in [6.07, 6.45) is 4.83. The van der Waals surface area contributed by atoms with Crippen LogP contribution in [0.2, 0.25) is 0 Å². The fraction of sp³-hybridized carbons (Fsp3) is 0.208. The van der Waals surface area contributed by atoms with Crippen LogP contribution in [0.3, 0.4) is 0 Å². The largest absolute Gasteiger partial charge is 0.497 e. The molecule has 0 atom stereocenters. The molecule has 0 bridgehead atoms. The molecule has 4 rings (SSSR count). The summed E-state index contributed by atoms with van der Waals surface area (Å²) in [5, 5.41) is 2.97. The molecule has 0 saturated heterocycles. The van der Waals surface area contributed by atoms with Crippen molar-refractivity contribution in [3.8, 4) is 5.75 Å². The smallest absolute Gasteiger partial charge is 0.251 e. The third kappa shape index (κ3) is 4.49. The predicted molar refractivity (Wildman–Crippen MR) is 117 cm³/mol. The minimum Gasteiger partial charge on any atom is -0.497 e. The van der Waals surface area contributed by atoms with Crippen LogP contribution in [0.4, 0.5) is 0 Å². The van der Waals surface area contributed by atoms with Crippen LogP contribution in [-0.2, 0) is 13.0 Å². The number of aromatic nitrogens is 3. The Morgan fingerprint density at radius 1 is 1.03 bits per heavy atom. The van der Waals surface area contributed by atoms with Gasteiger partial charge >= 0.3 is 0 Å². The van der Waals surface area contributed by atoms with E-state index in [1.165, 1.54) is 5.56 Å². The number of imidazole rings is 1. The van der Waals surface area contributed by atoms with Gasteiger partial charge in [-0.05, 0) is 48.4 Å². The molecule has 2 aromatic heterocycles. The van der Waals surface area contributed by atoms with Crippen LogP contribution in [0, 0.1) is 0 Å². The van der Waals surface area contributed by atoms with Gasteiger partial charge in [0.15, 0.2) is 0 Å². The van der Waals surface area contributed by atoms with Crippen LogP contribution < -0.4 is 10.1 Å². The van der Waals surface area contributed by atoms with Crippen molar-refractivity contribution in [1.29, 1.82) is 0 Å². The van der Waals surface area contributed by atoms with E-state index >= 15 is 0 Å². The van der Waals surface area contributed by atoms with Crippen LogP contribution in [0.25, 0.3) is 11.0 Å². The minimum absolute atomic E-state index is 0.0795. The topological polar surface area (TPSA) is 69.0 Å². The van der Waals surface area contributed by atoms with Gasteiger partial charge in [-0.3, -0.25) is 9.78 Å². The molecule has 0 unspecified atom stereocenters. The van der Waals surface area contributed by atoms with Crippen molar-refractivity contribution < 1.29 is 9.53 Å². The van der Waals surface area contributed by atoms with E-state index < -0.39 is 0 Å². The van der Waals surface area contributed by atoms with Crippen LogP contribution in [0.15, 0.2) is 73.1 Å². The predicted octanol–water partition coefficient (Wildman–Crippen LogP) is 3.85. The number of para-hydroxylation sites is 2. The van der Waals surface area contributed by atoms with Crippen LogP contribution in [-0.4, -0.2) is 34.1 Å². The second-order valence-corrected chi connectivity index (χ2v) is 7.05. The highest BCUT2D eigenvalue weighted by Crippen LogP contribution is 2.20. The average Bonchev–Trinajstić information content (AvgIpc) is 3.15. The Morgan fingerprint density at radius 2 is 1.80 bits per heavy atom. The Labute approximate surface area is 175 Å². The minimum atomic E-state index is -0.0795. The first-order chi connectivity index (χ1) is 14.7. The van der Waals surface area contributed by atoms with Gasteiger partial charge in [-0.25, -0.2) is 4.98 Å². The number of carbonyl (C=O) groups is 1. The molecule has 1 amide bonds. The second kappa shape index (κ2) is 9.22. The summed E-state index contributed by atoms with van der Waals surface area (Å²) >= 11 is 0. The number of hydrogen-bond acceptors (Lipinski definition) is 4. The molecule has 0 aliphatic heterocycles. The Morgan fingerprint density at radius 3 is 2.57 bits per heavy atom. The van der Waals surface area contributed by atoms with Gasteiger partial charge in [-0.15, -0.1) is 0 Å². The number of carbonyl (C=O) groups excluding carboxylic acids is 1. The van der Waals surface area contributed by atoms with Gasteiger partial charge in [0.1, 0.15) is 11.6 Å². The van der Waals surface area contributed by atoms with Gasteiger partial charge in [-0.2, -0.15) is 0 Å². The highest BCUT2D eigenvalue weighted by molar-refractivity contribution is 5.93. The van der Waals surface area contributed by atoms with Gasteiger partial charge in [0.2, 0.25) is 0 Å². The molecule has 0 radical (unpaired) electrons. The lowest BCUT2D eigenvalue weighted by Gasteiger charge is -2.11. The van der Waals surface area contributed by atoms with Gasteiger partial charge in [0, 0.05) is 37.5 Å². The Kier molecular flexibility index (Phi) is 6.03. The maximum absolute atomic E-state index is 12.2. The van der Waals surface area contributed by atoms with Crippen molar-refractivity contribution in [1.82, 2.24) is 19.9 Å². The zero-order valence-electron chi connectivity index (χ0n) is 16.9. The van der Waals surface area contributed by atoms with Crippen molar-refractivity contribution in [3.63, 3.8) is 0 Å². The van der Waals surface area contributed by atoms with Gasteiger partial charge < -0.3 is 14.6 Å². The maximum Gasteiger partial charge on any atom is 0.251 e.